The van der Waals surface area contributed by atoms with Gasteiger partial charge in [0.2, 0.25) is 0 Å². The van der Waals surface area contributed by atoms with E-state index in [1.807, 2.05) is 0 Å². The number of carbonyl (C=O) groups is 2. The highest BCUT2D eigenvalue weighted by atomic mass is 19.1. The summed E-state index contributed by atoms with van der Waals surface area (Å²) >= 11 is 0. The van der Waals surface area contributed by atoms with Crippen LogP contribution in [0.1, 0.15) is 35.3 Å². The van der Waals surface area contributed by atoms with Crippen LogP contribution in [0.4, 0.5) is 4.39 Å². The second-order valence-electron chi connectivity index (χ2n) is 7.31. The van der Waals surface area contributed by atoms with Crippen molar-refractivity contribution in [3.05, 3.63) is 47.5 Å². The Bertz CT molecular complexity index is 894. The molecular weight excluding hydrogens is 337 g/mol. The van der Waals surface area contributed by atoms with Crippen molar-refractivity contribution in [2.75, 3.05) is 13.1 Å². The smallest absolute Gasteiger partial charge is 0.311 e. The summed E-state index contributed by atoms with van der Waals surface area (Å²) in [5.74, 6) is -1.36. The number of carboxylic acid groups (broad SMARTS) is 1. The number of aryl methyl sites for hydroxylation is 1. The van der Waals surface area contributed by atoms with Gasteiger partial charge in [-0.3, -0.25) is 9.59 Å². The number of aliphatic carboxylic acids is 1. The summed E-state index contributed by atoms with van der Waals surface area (Å²) in [6.07, 6.45) is 4.04. The topological polar surface area (TPSA) is 75.4 Å². The van der Waals surface area contributed by atoms with Crippen LogP contribution in [0, 0.1) is 24.1 Å². The van der Waals surface area contributed by atoms with Crippen LogP contribution in [-0.4, -0.2) is 44.8 Å². The standard InChI is InChI=1S/C19H20FN3O3/c1-12-9-14(20)4-5-16(12)23-8-6-15(21-23)17(24)22-10-13-3-2-7-19(13,11-22)18(25)26/h4-6,8-9,13H,2-3,7,10-11H2,1H3,(H,25,26)/t13-,19+/m0/s1. The van der Waals surface area contributed by atoms with Gasteiger partial charge in [0.1, 0.15) is 5.82 Å². The number of hydrogen-bond acceptors (Lipinski definition) is 3. The fourth-order valence-electron chi connectivity index (χ4n) is 4.40. The van der Waals surface area contributed by atoms with Crippen LogP contribution in [0.2, 0.25) is 0 Å². The fourth-order valence-corrected chi connectivity index (χ4v) is 4.40. The van der Waals surface area contributed by atoms with Gasteiger partial charge in [-0.05, 0) is 55.5 Å². The molecule has 2 atom stereocenters. The van der Waals surface area contributed by atoms with E-state index in [1.54, 1.807) is 34.8 Å². The lowest BCUT2D eigenvalue weighted by Crippen LogP contribution is -2.37. The third-order valence-corrected chi connectivity index (χ3v) is 5.80. The van der Waals surface area contributed by atoms with E-state index in [2.05, 4.69) is 5.10 Å². The maximum absolute atomic E-state index is 13.3. The van der Waals surface area contributed by atoms with Gasteiger partial charge in [0, 0.05) is 19.3 Å². The van der Waals surface area contributed by atoms with Crippen molar-refractivity contribution in [2.24, 2.45) is 11.3 Å². The molecule has 0 unspecified atom stereocenters. The molecule has 7 heteroatoms. The molecule has 1 aliphatic heterocycles. The first-order chi connectivity index (χ1) is 12.4. The molecule has 1 saturated heterocycles. The van der Waals surface area contributed by atoms with Crippen molar-refractivity contribution in [1.82, 2.24) is 14.7 Å². The molecular formula is C19H20FN3O3. The number of aromatic nitrogens is 2. The van der Waals surface area contributed by atoms with Crippen molar-refractivity contribution in [3.63, 3.8) is 0 Å². The molecule has 6 nitrogen and oxygen atoms in total. The lowest BCUT2D eigenvalue weighted by Gasteiger charge is -2.23. The first-order valence-electron chi connectivity index (χ1n) is 8.75. The minimum absolute atomic E-state index is 0.0189. The van der Waals surface area contributed by atoms with Crippen LogP contribution < -0.4 is 0 Å². The predicted octanol–water partition coefficient (Wildman–Crippen LogP) is 2.65. The SMILES string of the molecule is Cc1cc(F)ccc1-n1ccc(C(=O)N2C[C@@H]3CCC[C@@]3(C(=O)O)C2)n1. The molecule has 4 rings (SSSR count). The number of carboxylic acids is 1. The Hall–Kier alpha value is -2.70. The van der Waals surface area contributed by atoms with Crippen LogP contribution in [-0.2, 0) is 4.79 Å². The summed E-state index contributed by atoms with van der Waals surface area (Å²) in [5, 5.41) is 14.0. The van der Waals surface area contributed by atoms with Crippen LogP contribution in [0.3, 0.4) is 0 Å². The molecule has 2 aromatic rings. The number of likely N-dealkylation sites (tertiary alicyclic amines) is 1. The fraction of sp³-hybridized carbons (Fsp3) is 0.421. The van der Waals surface area contributed by atoms with E-state index in [0.29, 0.717) is 24.2 Å². The van der Waals surface area contributed by atoms with Crippen molar-refractivity contribution < 1.29 is 19.1 Å². The minimum atomic E-state index is -0.803. The van der Waals surface area contributed by atoms with E-state index in [9.17, 15) is 19.1 Å². The van der Waals surface area contributed by atoms with Gasteiger partial charge >= 0.3 is 5.97 Å². The van der Waals surface area contributed by atoms with E-state index < -0.39 is 11.4 Å². The van der Waals surface area contributed by atoms with Gasteiger partial charge < -0.3 is 10.0 Å². The zero-order chi connectivity index (χ0) is 18.5. The molecule has 136 valence electrons. The van der Waals surface area contributed by atoms with Crippen LogP contribution >= 0.6 is 0 Å². The molecule has 1 amide bonds. The molecule has 0 bridgehead atoms. The van der Waals surface area contributed by atoms with Gasteiger partial charge in [-0.1, -0.05) is 6.42 Å². The highest BCUT2D eigenvalue weighted by molar-refractivity contribution is 5.93. The molecule has 1 N–H and O–H groups in total. The van der Waals surface area contributed by atoms with E-state index in [1.165, 1.54) is 12.1 Å². The summed E-state index contributed by atoms with van der Waals surface area (Å²) < 4.78 is 14.8. The average molecular weight is 357 g/mol. The molecule has 0 radical (unpaired) electrons. The first-order valence-corrected chi connectivity index (χ1v) is 8.75. The van der Waals surface area contributed by atoms with Gasteiger partial charge in [-0.25, -0.2) is 9.07 Å². The third kappa shape index (κ3) is 2.50. The van der Waals surface area contributed by atoms with E-state index in [0.717, 1.165) is 12.8 Å². The van der Waals surface area contributed by atoms with Crippen molar-refractivity contribution >= 4 is 11.9 Å². The van der Waals surface area contributed by atoms with E-state index in [4.69, 9.17) is 0 Å². The quantitative estimate of drug-likeness (QED) is 0.916. The number of fused-ring (bicyclic) bond motifs is 1. The lowest BCUT2D eigenvalue weighted by atomic mass is 9.81. The monoisotopic (exact) mass is 357 g/mol. The molecule has 2 fully saturated rings. The molecule has 26 heavy (non-hydrogen) atoms. The molecule has 2 aliphatic rings. The number of rotatable bonds is 3. The van der Waals surface area contributed by atoms with Gasteiger partial charge in [0.15, 0.2) is 5.69 Å². The van der Waals surface area contributed by atoms with Gasteiger partial charge in [0.05, 0.1) is 11.1 Å². The highest BCUT2D eigenvalue weighted by Gasteiger charge is 2.56. The maximum Gasteiger partial charge on any atom is 0.311 e. The lowest BCUT2D eigenvalue weighted by molar-refractivity contribution is -0.149. The van der Waals surface area contributed by atoms with Crippen molar-refractivity contribution in [1.29, 1.82) is 0 Å². The normalized spacial score (nSPS) is 24.7. The second-order valence-corrected chi connectivity index (χ2v) is 7.31. The molecule has 0 spiro atoms. The van der Waals surface area contributed by atoms with Crippen molar-refractivity contribution in [2.45, 2.75) is 26.2 Å². The molecule has 1 aromatic carbocycles. The van der Waals surface area contributed by atoms with E-state index in [-0.39, 0.29) is 29.9 Å². The number of halogens is 1. The molecule has 2 heterocycles. The molecule has 1 saturated carbocycles. The van der Waals surface area contributed by atoms with Gasteiger partial charge in [0.25, 0.3) is 5.91 Å². The summed E-state index contributed by atoms with van der Waals surface area (Å²) in [4.78, 5) is 26.2. The van der Waals surface area contributed by atoms with Crippen molar-refractivity contribution in [3.8, 4) is 5.69 Å². The zero-order valence-corrected chi connectivity index (χ0v) is 14.5. The maximum atomic E-state index is 13.3. The number of nitrogens with zero attached hydrogens (tertiary/aromatic N) is 3. The Labute approximate surface area is 150 Å². The minimum Gasteiger partial charge on any atom is -0.481 e. The first kappa shape index (κ1) is 16.8. The summed E-state index contributed by atoms with van der Waals surface area (Å²) in [7, 11) is 0. The Morgan fingerprint density at radius 2 is 2.15 bits per heavy atom. The Morgan fingerprint density at radius 1 is 1.35 bits per heavy atom. The molecule has 1 aliphatic carbocycles. The average Bonchev–Trinajstić information content (AvgIpc) is 3.28. The number of hydrogen-bond donors (Lipinski definition) is 1. The Morgan fingerprint density at radius 3 is 2.85 bits per heavy atom. The Balaban J connectivity index is 1.57. The number of benzene rings is 1. The number of amides is 1. The van der Waals surface area contributed by atoms with E-state index >= 15 is 0 Å². The largest absolute Gasteiger partial charge is 0.481 e. The van der Waals surface area contributed by atoms with Crippen LogP contribution in [0.5, 0.6) is 0 Å². The van der Waals surface area contributed by atoms with Crippen LogP contribution in [0.25, 0.3) is 5.69 Å². The predicted molar refractivity (Wildman–Crippen MR) is 91.6 cm³/mol. The second kappa shape index (κ2) is 5.93. The van der Waals surface area contributed by atoms with Gasteiger partial charge in [-0.2, -0.15) is 5.10 Å². The third-order valence-electron chi connectivity index (χ3n) is 5.80. The molecule has 1 aromatic heterocycles. The Kier molecular flexibility index (Phi) is 3.82. The summed E-state index contributed by atoms with van der Waals surface area (Å²) in [6, 6.07) is 6.00. The van der Waals surface area contributed by atoms with Crippen LogP contribution in [0.15, 0.2) is 30.5 Å². The number of carbonyl (C=O) groups excluding carboxylic acids is 1. The summed E-state index contributed by atoms with van der Waals surface area (Å²) in [6.45, 7) is 2.49. The van der Waals surface area contributed by atoms with Gasteiger partial charge in [-0.15, -0.1) is 0 Å². The summed E-state index contributed by atoms with van der Waals surface area (Å²) in [5.41, 5.74) is 0.888. The highest BCUT2D eigenvalue weighted by Crippen LogP contribution is 2.49. The zero-order valence-electron chi connectivity index (χ0n) is 14.5.